The second kappa shape index (κ2) is 6.94. The van der Waals surface area contributed by atoms with Crippen molar-refractivity contribution in [2.45, 2.75) is 104 Å². The van der Waals surface area contributed by atoms with Crippen LogP contribution in [0.3, 0.4) is 0 Å². The smallest absolute Gasteiger partial charge is 0.313 e. The largest absolute Gasteiger partial charge is 0.453 e. The lowest BCUT2D eigenvalue weighted by atomic mass is 9.32. The maximum atomic E-state index is 13.7. The molecule has 5 heteroatoms. The second-order valence-electron chi connectivity index (χ2n) is 14.8. The molecule has 0 aromatic rings. The van der Waals surface area contributed by atoms with Gasteiger partial charge in [-0.15, -0.1) is 0 Å². The van der Waals surface area contributed by atoms with Crippen LogP contribution in [0.1, 0.15) is 86.5 Å². The Morgan fingerprint density at radius 1 is 1.03 bits per heavy atom. The third-order valence-corrected chi connectivity index (χ3v) is 13.9. The summed E-state index contributed by atoms with van der Waals surface area (Å²) in [7, 11) is 0. The van der Waals surface area contributed by atoms with Gasteiger partial charge in [0.25, 0.3) is 0 Å². The molecule has 0 radical (unpaired) electrons. The number of hydrogen-bond acceptors (Lipinski definition) is 5. The molecule has 1 saturated heterocycles. The molecule has 6 aliphatic rings. The summed E-state index contributed by atoms with van der Waals surface area (Å²) in [4.78, 5) is 13.7. The molecule has 4 saturated carbocycles. The minimum atomic E-state index is -0.917. The molecular formula is C30H46O5. The number of fused-ring (bicyclic) bond motifs is 4. The van der Waals surface area contributed by atoms with Gasteiger partial charge in [-0.05, 0) is 85.5 Å². The zero-order valence-electron chi connectivity index (χ0n) is 22.5. The Hall–Kier alpha value is -0.910. The molecule has 0 aromatic heterocycles. The molecule has 1 heterocycles. The van der Waals surface area contributed by atoms with E-state index in [0.29, 0.717) is 18.3 Å². The number of rotatable bonds is 1. The normalized spacial score (nSPS) is 62.9. The molecule has 5 nitrogen and oxygen atoms in total. The van der Waals surface area contributed by atoms with Gasteiger partial charge >= 0.3 is 5.97 Å². The first-order valence-corrected chi connectivity index (χ1v) is 14.2. The first-order chi connectivity index (χ1) is 16.3. The van der Waals surface area contributed by atoms with E-state index < -0.39 is 23.2 Å². The minimum Gasteiger partial charge on any atom is -0.453 e. The van der Waals surface area contributed by atoms with Gasteiger partial charge in [0.2, 0.25) is 0 Å². The summed E-state index contributed by atoms with van der Waals surface area (Å²) in [6.07, 6.45) is 9.25. The second-order valence-corrected chi connectivity index (χ2v) is 14.8. The van der Waals surface area contributed by atoms with Crippen molar-refractivity contribution in [3.63, 3.8) is 0 Å². The molecule has 3 N–H and O–H groups in total. The van der Waals surface area contributed by atoms with Crippen molar-refractivity contribution in [3.05, 3.63) is 12.2 Å². The van der Waals surface area contributed by atoms with E-state index in [1.165, 1.54) is 0 Å². The first kappa shape index (κ1) is 24.4. The maximum absolute atomic E-state index is 13.7. The van der Waals surface area contributed by atoms with Gasteiger partial charge in [-0.1, -0.05) is 47.6 Å². The lowest BCUT2D eigenvalue weighted by Crippen LogP contribution is -2.72. The molecule has 196 valence electrons. The summed E-state index contributed by atoms with van der Waals surface area (Å²) in [6.45, 7) is 13.6. The fraction of sp³-hybridized carbons (Fsp3) is 0.900. The highest BCUT2D eigenvalue weighted by Gasteiger charge is 2.80. The molecular weight excluding hydrogens is 440 g/mol. The Labute approximate surface area is 210 Å². The highest BCUT2D eigenvalue weighted by atomic mass is 16.6. The molecule has 5 fully saturated rings. The Bertz CT molecular complexity index is 978. The van der Waals surface area contributed by atoms with E-state index in [1.807, 2.05) is 6.92 Å². The van der Waals surface area contributed by atoms with E-state index in [1.54, 1.807) is 0 Å². The van der Waals surface area contributed by atoms with Gasteiger partial charge < -0.3 is 20.1 Å². The van der Waals surface area contributed by atoms with Crippen LogP contribution in [0.15, 0.2) is 12.2 Å². The van der Waals surface area contributed by atoms with Gasteiger partial charge in [0.1, 0.15) is 5.60 Å². The van der Waals surface area contributed by atoms with Gasteiger partial charge in [-0.25, -0.2) is 0 Å². The summed E-state index contributed by atoms with van der Waals surface area (Å²) >= 11 is 0. The summed E-state index contributed by atoms with van der Waals surface area (Å²) < 4.78 is 6.66. The van der Waals surface area contributed by atoms with Crippen LogP contribution in [0.4, 0.5) is 0 Å². The summed E-state index contributed by atoms with van der Waals surface area (Å²) in [5, 5.41) is 32.4. The topological polar surface area (TPSA) is 87.0 Å². The molecule has 13 atom stereocenters. The number of carbonyl (C=O) groups excluding carboxylic acids is 1. The number of carbonyl (C=O) groups is 1. The predicted molar refractivity (Wildman–Crippen MR) is 133 cm³/mol. The quantitative estimate of drug-likeness (QED) is 0.376. The van der Waals surface area contributed by atoms with E-state index in [-0.39, 0.29) is 52.0 Å². The number of hydrogen-bond donors (Lipinski definition) is 3. The van der Waals surface area contributed by atoms with Crippen LogP contribution in [-0.2, 0) is 9.53 Å². The summed E-state index contributed by atoms with van der Waals surface area (Å²) in [5.74, 6) is 1.55. The van der Waals surface area contributed by atoms with Crippen LogP contribution in [0, 0.1) is 56.7 Å². The van der Waals surface area contributed by atoms with Gasteiger partial charge in [-0.3, -0.25) is 4.79 Å². The Morgan fingerprint density at radius 2 is 1.74 bits per heavy atom. The average molecular weight is 487 g/mol. The standard InChI is InChI=1S/C30H46O5/c1-17-7-11-29-14-13-28(6)27(5)10-8-20-25(3,15-19(32)23(33)26(20,4)16-31)21(27)9-12-30(28,35-24(29)34)22(29)18(17)2/h9,12,17-23,31-33H,7-8,10-11,13-16H2,1-6H3/t17-,18+,19-,20+,21+,22-,23-,25+,26-,27-,28+,29+,30+/m1/s1. The van der Waals surface area contributed by atoms with Gasteiger partial charge in [0, 0.05) is 16.7 Å². The number of esters is 1. The Kier molecular flexibility index (Phi) is 4.84. The van der Waals surface area contributed by atoms with Crippen LogP contribution >= 0.6 is 0 Å². The number of ether oxygens (including phenoxy) is 1. The van der Waals surface area contributed by atoms with Crippen molar-refractivity contribution in [2.75, 3.05) is 6.61 Å². The molecule has 0 aromatic carbocycles. The van der Waals surface area contributed by atoms with E-state index in [4.69, 9.17) is 4.74 Å². The molecule has 2 bridgehead atoms. The SMILES string of the molecule is C[C@H]1[C@H](C)CC[C@@]23CC[C@]4(C)[C@@](C=C[C@H]5[C@@]6(C)C[C@@H](O)[C@@H](O)[C@](C)(CO)[C@H]6CC[C@]54C)(OC2=O)[C@H]13. The van der Waals surface area contributed by atoms with Gasteiger partial charge in [-0.2, -0.15) is 0 Å². The fourth-order valence-corrected chi connectivity index (χ4v) is 11.6. The van der Waals surface area contributed by atoms with Crippen molar-refractivity contribution in [3.8, 4) is 0 Å². The first-order valence-electron chi connectivity index (χ1n) is 14.2. The average Bonchev–Trinajstić information content (AvgIpc) is 3.01. The van der Waals surface area contributed by atoms with E-state index in [2.05, 4.69) is 46.8 Å². The summed E-state index contributed by atoms with van der Waals surface area (Å²) in [6, 6.07) is 0. The number of aliphatic hydroxyl groups is 3. The van der Waals surface area contributed by atoms with E-state index >= 15 is 0 Å². The third kappa shape index (κ3) is 2.41. The fourth-order valence-electron chi connectivity index (χ4n) is 11.6. The molecule has 35 heavy (non-hydrogen) atoms. The zero-order chi connectivity index (χ0) is 25.4. The third-order valence-electron chi connectivity index (χ3n) is 13.9. The molecule has 6 rings (SSSR count). The predicted octanol–water partition coefficient (Wildman–Crippen LogP) is 4.48. The molecule has 0 amide bonds. The highest BCUT2D eigenvalue weighted by molar-refractivity contribution is 5.82. The van der Waals surface area contributed by atoms with Crippen molar-refractivity contribution in [1.29, 1.82) is 0 Å². The Morgan fingerprint density at radius 3 is 2.43 bits per heavy atom. The van der Waals surface area contributed by atoms with Crippen LogP contribution in [0.25, 0.3) is 0 Å². The van der Waals surface area contributed by atoms with Crippen molar-refractivity contribution in [1.82, 2.24) is 0 Å². The Balaban J connectivity index is 1.52. The van der Waals surface area contributed by atoms with E-state index in [0.717, 1.165) is 38.5 Å². The van der Waals surface area contributed by atoms with Crippen LogP contribution < -0.4 is 0 Å². The number of aliphatic hydroxyl groups excluding tert-OH is 3. The molecule has 5 aliphatic carbocycles. The number of allylic oxidation sites excluding steroid dienone is 1. The van der Waals surface area contributed by atoms with Crippen molar-refractivity contribution < 1.29 is 24.9 Å². The minimum absolute atomic E-state index is 0.0423. The maximum Gasteiger partial charge on any atom is 0.313 e. The monoisotopic (exact) mass is 486 g/mol. The molecule has 1 spiro atoms. The molecule has 0 unspecified atom stereocenters. The highest BCUT2D eigenvalue weighted by Crippen LogP contribution is 2.79. The van der Waals surface area contributed by atoms with Crippen molar-refractivity contribution in [2.24, 2.45) is 56.7 Å². The lowest BCUT2D eigenvalue weighted by molar-refractivity contribution is -0.264. The van der Waals surface area contributed by atoms with Gasteiger partial charge in [0.05, 0.1) is 24.2 Å². The van der Waals surface area contributed by atoms with Gasteiger partial charge in [0.15, 0.2) is 0 Å². The summed E-state index contributed by atoms with van der Waals surface area (Å²) in [5.41, 5.74) is -2.20. The van der Waals surface area contributed by atoms with Crippen LogP contribution in [0.5, 0.6) is 0 Å². The molecule has 1 aliphatic heterocycles. The van der Waals surface area contributed by atoms with Crippen LogP contribution in [-0.4, -0.2) is 45.7 Å². The zero-order valence-corrected chi connectivity index (χ0v) is 22.5. The van der Waals surface area contributed by atoms with Crippen LogP contribution in [0.2, 0.25) is 0 Å². The van der Waals surface area contributed by atoms with E-state index in [9.17, 15) is 20.1 Å². The van der Waals surface area contributed by atoms with Crippen molar-refractivity contribution >= 4 is 5.97 Å². The lowest BCUT2D eigenvalue weighted by Gasteiger charge is -2.72.